The second kappa shape index (κ2) is 8.05. The van der Waals surface area contributed by atoms with Gasteiger partial charge in [-0.05, 0) is 40.5 Å². The van der Waals surface area contributed by atoms with Crippen molar-refractivity contribution < 1.29 is 20.0 Å². The van der Waals surface area contributed by atoms with Crippen LogP contribution in [-0.4, -0.2) is 44.4 Å². The Balaban J connectivity index is 3.81. The standard InChI is InChI=1S/C12H24N2O4/c1-9(2)13(17)11(15)7-5-6-8-12(16)14(18)10(3)4/h9-10,17-18H,5-8H2,1-4H3. The zero-order valence-electron chi connectivity index (χ0n) is 11.6. The summed E-state index contributed by atoms with van der Waals surface area (Å²) in [6.45, 7) is 6.86. The number of carbonyl (C=O) groups is 2. The molecule has 2 N–H and O–H groups in total. The lowest BCUT2D eigenvalue weighted by Crippen LogP contribution is -2.34. The van der Waals surface area contributed by atoms with Gasteiger partial charge in [-0.2, -0.15) is 0 Å². The van der Waals surface area contributed by atoms with Crippen LogP contribution in [0.1, 0.15) is 53.4 Å². The van der Waals surface area contributed by atoms with Crippen molar-refractivity contribution in [1.29, 1.82) is 0 Å². The largest absolute Gasteiger partial charge is 0.286 e. The summed E-state index contributed by atoms with van der Waals surface area (Å²) in [7, 11) is 0. The molecule has 0 aliphatic heterocycles. The summed E-state index contributed by atoms with van der Waals surface area (Å²) in [5.41, 5.74) is 0. The second-order valence-electron chi connectivity index (χ2n) is 4.87. The Kier molecular flexibility index (Phi) is 7.54. The van der Waals surface area contributed by atoms with Gasteiger partial charge in [0.25, 0.3) is 0 Å². The van der Waals surface area contributed by atoms with Gasteiger partial charge in [0.2, 0.25) is 11.8 Å². The van der Waals surface area contributed by atoms with Crippen molar-refractivity contribution in [2.45, 2.75) is 65.5 Å². The van der Waals surface area contributed by atoms with Crippen LogP contribution in [0.2, 0.25) is 0 Å². The fraction of sp³-hybridized carbons (Fsp3) is 0.833. The molecule has 0 saturated carbocycles. The average molecular weight is 260 g/mol. The summed E-state index contributed by atoms with van der Waals surface area (Å²) in [4.78, 5) is 22.8. The first-order chi connectivity index (χ1) is 8.27. The van der Waals surface area contributed by atoms with E-state index in [9.17, 15) is 20.0 Å². The molecule has 2 amide bonds. The number of rotatable bonds is 7. The molecule has 0 unspecified atom stereocenters. The van der Waals surface area contributed by atoms with E-state index in [1.165, 1.54) is 0 Å². The minimum Gasteiger partial charge on any atom is -0.286 e. The first kappa shape index (κ1) is 16.9. The van der Waals surface area contributed by atoms with Crippen molar-refractivity contribution in [2.24, 2.45) is 0 Å². The molecule has 0 spiro atoms. The predicted molar refractivity (Wildman–Crippen MR) is 66.0 cm³/mol. The first-order valence-electron chi connectivity index (χ1n) is 6.29. The zero-order chi connectivity index (χ0) is 14.3. The van der Waals surface area contributed by atoms with Gasteiger partial charge in [0.05, 0.1) is 12.1 Å². The lowest BCUT2D eigenvalue weighted by atomic mass is 10.1. The van der Waals surface area contributed by atoms with E-state index in [0.717, 1.165) is 0 Å². The zero-order valence-corrected chi connectivity index (χ0v) is 11.6. The first-order valence-corrected chi connectivity index (χ1v) is 6.29. The topological polar surface area (TPSA) is 81.1 Å². The molecule has 0 rings (SSSR count). The number of carbonyl (C=O) groups excluding carboxylic acids is 2. The molecular formula is C12H24N2O4. The SMILES string of the molecule is CC(C)N(O)C(=O)CCCCC(=O)N(O)C(C)C. The van der Waals surface area contributed by atoms with Crippen LogP contribution in [0.5, 0.6) is 0 Å². The molecule has 0 aromatic carbocycles. The maximum absolute atomic E-state index is 11.4. The molecule has 0 heterocycles. The van der Waals surface area contributed by atoms with E-state index >= 15 is 0 Å². The summed E-state index contributed by atoms with van der Waals surface area (Å²) in [5, 5.41) is 20.1. The Labute approximate surface area is 108 Å². The Morgan fingerprint density at radius 2 is 1.11 bits per heavy atom. The van der Waals surface area contributed by atoms with E-state index < -0.39 is 0 Å². The molecule has 0 radical (unpaired) electrons. The predicted octanol–water partition coefficient (Wildman–Crippen LogP) is 1.80. The minimum atomic E-state index is -0.345. The van der Waals surface area contributed by atoms with E-state index in [-0.39, 0.29) is 36.7 Å². The van der Waals surface area contributed by atoms with E-state index in [1.54, 1.807) is 27.7 Å². The summed E-state index contributed by atoms with van der Waals surface area (Å²) >= 11 is 0. The molecule has 106 valence electrons. The molecule has 6 heteroatoms. The summed E-state index contributed by atoms with van der Waals surface area (Å²) in [5.74, 6) is -0.690. The Morgan fingerprint density at radius 1 is 0.833 bits per heavy atom. The lowest BCUT2D eigenvalue weighted by molar-refractivity contribution is -0.174. The number of hydrogen-bond donors (Lipinski definition) is 2. The Hall–Kier alpha value is -1.14. The van der Waals surface area contributed by atoms with Crippen LogP contribution in [0.4, 0.5) is 0 Å². The second-order valence-corrected chi connectivity index (χ2v) is 4.87. The summed E-state index contributed by atoms with van der Waals surface area (Å²) < 4.78 is 0. The Bertz CT molecular complexity index is 251. The number of unbranched alkanes of at least 4 members (excludes halogenated alkanes) is 1. The molecule has 0 aliphatic carbocycles. The van der Waals surface area contributed by atoms with Crippen LogP contribution >= 0.6 is 0 Å². The molecule has 0 fully saturated rings. The van der Waals surface area contributed by atoms with E-state index in [1.807, 2.05) is 0 Å². The van der Waals surface area contributed by atoms with Gasteiger partial charge in [0.15, 0.2) is 0 Å². The smallest absolute Gasteiger partial charge is 0.246 e. The van der Waals surface area contributed by atoms with Gasteiger partial charge in [-0.1, -0.05) is 0 Å². The van der Waals surface area contributed by atoms with Crippen LogP contribution in [0.25, 0.3) is 0 Å². The summed E-state index contributed by atoms with van der Waals surface area (Å²) in [6.07, 6.45) is 1.44. The fourth-order valence-electron chi connectivity index (χ4n) is 1.36. The number of hydrogen-bond acceptors (Lipinski definition) is 4. The number of hydroxylamine groups is 4. The van der Waals surface area contributed by atoms with Gasteiger partial charge in [0.1, 0.15) is 0 Å². The van der Waals surface area contributed by atoms with Crippen molar-refractivity contribution >= 4 is 11.8 Å². The van der Waals surface area contributed by atoms with Crippen molar-refractivity contribution in [3.05, 3.63) is 0 Å². The van der Waals surface area contributed by atoms with E-state index in [0.29, 0.717) is 23.0 Å². The third kappa shape index (κ3) is 5.97. The quantitative estimate of drug-likeness (QED) is 0.415. The average Bonchev–Trinajstić information content (AvgIpc) is 2.31. The monoisotopic (exact) mass is 260 g/mol. The highest BCUT2D eigenvalue weighted by atomic mass is 16.5. The van der Waals surface area contributed by atoms with Crippen molar-refractivity contribution in [3.8, 4) is 0 Å². The van der Waals surface area contributed by atoms with E-state index in [2.05, 4.69) is 0 Å². The fourth-order valence-corrected chi connectivity index (χ4v) is 1.36. The van der Waals surface area contributed by atoms with Gasteiger partial charge < -0.3 is 0 Å². The molecule has 0 atom stereocenters. The molecule has 0 aliphatic rings. The molecule has 0 bridgehead atoms. The van der Waals surface area contributed by atoms with Crippen molar-refractivity contribution in [3.63, 3.8) is 0 Å². The third-order valence-electron chi connectivity index (χ3n) is 2.52. The van der Waals surface area contributed by atoms with Crippen LogP contribution in [0, 0.1) is 0 Å². The lowest BCUT2D eigenvalue weighted by Gasteiger charge is -2.19. The van der Waals surface area contributed by atoms with Crippen LogP contribution < -0.4 is 0 Å². The number of nitrogens with zero attached hydrogens (tertiary/aromatic N) is 2. The molecule has 6 nitrogen and oxygen atoms in total. The molecule has 0 aromatic heterocycles. The van der Waals surface area contributed by atoms with Gasteiger partial charge in [-0.3, -0.25) is 20.0 Å². The van der Waals surface area contributed by atoms with E-state index in [4.69, 9.17) is 0 Å². The maximum atomic E-state index is 11.4. The van der Waals surface area contributed by atoms with Crippen molar-refractivity contribution in [2.75, 3.05) is 0 Å². The third-order valence-corrected chi connectivity index (χ3v) is 2.52. The van der Waals surface area contributed by atoms with Gasteiger partial charge in [0, 0.05) is 12.8 Å². The highest BCUT2D eigenvalue weighted by molar-refractivity contribution is 5.76. The number of amides is 2. The normalized spacial score (nSPS) is 10.9. The van der Waals surface area contributed by atoms with Gasteiger partial charge in [-0.15, -0.1) is 0 Å². The highest BCUT2D eigenvalue weighted by Gasteiger charge is 2.16. The molecule has 0 saturated heterocycles. The molecular weight excluding hydrogens is 236 g/mol. The van der Waals surface area contributed by atoms with Crippen LogP contribution in [0.3, 0.4) is 0 Å². The molecule has 0 aromatic rings. The highest BCUT2D eigenvalue weighted by Crippen LogP contribution is 2.07. The van der Waals surface area contributed by atoms with Gasteiger partial charge >= 0.3 is 0 Å². The molecule has 18 heavy (non-hydrogen) atoms. The van der Waals surface area contributed by atoms with Crippen LogP contribution in [-0.2, 0) is 9.59 Å². The summed E-state index contributed by atoms with van der Waals surface area (Å²) in [6, 6.07) is -0.485. The minimum absolute atomic E-state index is 0.203. The van der Waals surface area contributed by atoms with Gasteiger partial charge in [-0.25, -0.2) is 10.1 Å². The van der Waals surface area contributed by atoms with Crippen molar-refractivity contribution in [1.82, 2.24) is 10.1 Å². The maximum Gasteiger partial charge on any atom is 0.246 e. The van der Waals surface area contributed by atoms with Crippen LogP contribution in [0.15, 0.2) is 0 Å². The Morgan fingerprint density at radius 3 is 1.33 bits per heavy atom.